The largest absolute Gasteiger partial charge is 0.387 e. The van der Waals surface area contributed by atoms with Gasteiger partial charge >= 0.3 is 0 Å². The molecule has 0 aromatic carbocycles. The fourth-order valence-electron chi connectivity index (χ4n) is 2.82. The second kappa shape index (κ2) is 3.91. The molecule has 3 rings (SSSR count). The average molecular weight is 251 g/mol. The van der Waals surface area contributed by atoms with Gasteiger partial charge < -0.3 is 19.1 Å². The van der Waals surface area contributed by atoms with E-state index in [-0.39, 0.29) is 5.56 Å². The van der Waals surface area contributed by atoms with E-state index in [4.69, 9.17) is 9.47 Å². The van der Waals surface area contributed by atoms with E-state index in [0.717, 1.165) is 5.56 Å². The minimum Gasteiger partial charge on any atom is -0.387 e. The Kier molecular flexibility index (Phi) is 2.59. The fraction of sp³-hybridized carbons (Fsp3) is 0.615. The molecule has 0 amide bonds. The highest BCUT2D eigenvalue weighted by atomic mass is 16.7. The molecule has 3 heterocycles. The molecule has 1 unspecified atom stereocenters. The first kappa shape index (κ1) is 11.9. The molecular formula is C13H17NO4. The molecule has 5 heteroatoms. The summed E-state index contributed by atoms with van der Waals surface area (Å²) < 4.78 is 12.9. The summed E-state index contributed by atoms with van der Waals surface area (Å²) in [7, 11) is 0. The molecule has 1 N–H and O–H groups in total. The third-order valence-electron chi connectivity index (χ3n) is 3.87. The van der Waals surface area contributed by atoms with Crippen LogP contribution in [0.1, 0.15) is 36.3 Å². The maximum Gasteiger partial charge on any atom is 0.254 e. The number of nitrogens with zero attached hydrogens (tertiary/aromatic N) is 1. The molecule has 18 heavy (non-hydrogen) atoms. The Morgan fingerprint density at radius 1 is 1.44 bits per heavy atom. The normalized spacial score (nSPS) is 25.4. The van der Waals surface area contributed by atoms with Gasteiger partial charge in [0.2, 0.25) is 0 Å². The van der Waals surface area contributed by atoms with Crippen LogP contribution in [0, 0.1) is 6.92 Å². The average Bonchev–Trinajstić information content (AvgIpc) is 2.92. The molecule has 1 saturated heterocycles. The van der Waals surface area contributed by atoms with Gasteiger partial charge in [0.15, 0.2) is 5.79 Å². The fourth-order valence-corrected chi connectivity index (χ4v) is 2.82. The SMILES string of the molecule is Cc1c(C2(C)OCCO2)cc2n(c1=O)CCC2O. The van der Waals surface area contributed by atoms with Crippen LogP contribution >= 0.6 is 0 Å². The van der Waals surface area contributed by atoms with Crippen LogP contribution in [0.25, 0.3) is 0 Å². The van der Waals surface area contributed by atoms with E-state index in [9.17, 15) is 9.90 Å². The number of rotatable bonds is 1. The highest BCUT2D eigenvalue weighted by Crippen LogP contribution is 2.35. The smallest absolute Gasteiger partial charge is 0.254 e. The van der Waals surface area contributed by atoms with Crippen molar-refractivity contribution < 1.29 is 14.6 Å². The maximum absolute atomic E-state index is 12.3. The number of hydrogen-bond donors (Lipinski definition) is 1. The van der Waals surface area contributed by atoms with Crippen molar-refractivity contribution in [3.05, 3.63) is 33.2 Å². The van der Waals surface area contributed by atoms with Gasteiger partial charge in [0.05, 0.1) is 25.0 Å². The predicted molar refractivity (Wildman–Crippen MR) is 64.3 cm³/mol. The second-order valence-corrected chi connectivity index (χ2v) is 5.01. The van der Waals surface area contributed by atoms with Crippen LogP contribution in [0.2, 0.25) is 0 Å². The van der Waals surface area contributed by atoms with Crippen molar-refractivity contribution in [3.63, 3.8) is 0 Å². The van der Waals surface area contributed by atoms with Gasteiger partial charge in [0.25, 0.3) is 5.56 Å². The Balaban J connectivity index is 2.20. The second-order valence-electron chi connectivity index (χ2n) is 5.01. The molecule has 1 aromatic rings. The monoisotopic (exact) mass is 251 g/mol. The van der Waals surface area contributed by atoms with E-state index in [1.165, 1.54) is 0 Å². The van der Waals surface area contributed by atoms with E-state index in [2.05, 4.69) is 0 Å². The lowest BCUT2D eigenvalue weighted by atomic mass is 10.0. The first-order valence-corrected chi connectivity index (χ1v) is 6.24. The zero-order valence-electron chi connectivity index (χ0n) is 10.6. The molecule has 0 aliphatic carbocycles. The lowest BCUT2D eigenvalue weighted by molar-refractivity contribution is -0.150. The molecule has 0 saturated carbocycles. The number of aromatic nitrogens is 1. The number of aliphatic hydroxyl groups is 1. The minimum absolute atomic E-state index is 0.0561. The third-order valence-corrected chi connectivity index (χ3v) is 3.87. The lowest BCUT2D eigenvalue weighted by Crippen LogP contribution is -2.31. The summed E-state index contributed by atoms with van der Waals surface area (Å²) in [6, 6.07) is 1.85. The molecule has 1 atom stereocenters. The molecule has 2 aliphatic rings. The Hall–Kier alpha value is -1.17. The summed E-state index contributed by atoms with van der Waals surface area (Å²) in [6.45, 7) is 5.23. The molecule has 0 bridgehead atoms. The molecule has 5 nitrogen and oxygen atoms in total. The van der Waals surface area contributed by atoms with Crippen LogP contribution in [0.5, 0.6) is 0 Å². The van der Waals surface area contributed by atoms with Gasteiger partial charge in [-0.1, -0.05) is 0 Å². The van der Waals surface area contributed by atoms with Gasteiger partial charge in [-0.2, -0.15) is 0 Å². The van der Waals surface area contributed by atoms with Crippen molar-refractivity contribution >= 4 is 0 Å². The number of fused-ring (bicyclic) bond motifs is 1. The maximum atomic E-state index is 12.3. The summed E-state index contributed by atoms with van der Waals surface area (Å²) in [6.07, 6.45) is 0.0263. The molecule has 2 aliphatic heterocycles. The van der Waals surface area contributed by atoms with Crippen LogP contribution in [-0.2, 0) is 21.8 Å². The van der Waals surface area contributed by atoms with Crippen molar-refractivity contribution in [2.75, 3.05) is 13.2 Å². The Morgan fingerprint density at radius 2 is 2.11 bits per heavy atom. The van der Waals surface area contributed by atoms with Gasteiger partial charge in [0.1, 0.15) is 0 Å². The van der Waals surface area contributed by atoms with Gasteiger partial charge in [-0.05, 0) is 26.3 Å². The van der Waals surface area contributed by atoms with Gasteiger partial charge in [0, 0.05) is 17.7 Å². The summed E-state index contributed by atoms with van der Waals surface area (Å²) in [5.41, 5.74) is 1.98. The molecule has 1 aromatic heterocycles. The summed E-state index contributed by atoms with van der Waals surface area (Å²) in [5, 5.41) is 9.91. The van der Waals surface area contributed by atoms with Crippen LogP contribution < -0.4 is 5.56 Å². The Morgan fingerprint density at radius 3 is 2.78 bits per heavy atom. The minimum atomic E-state index is -0.860. The molecular weight excluding hydrogens is 234 g/mol. The number of aliphatic hydroxyl groups excluding tert-OH is 1. The highest BCUT2D eigenvalue weighted by Gasteiger charge is 2.37. The van der Waals surface area contributed by atoms with Crippen LogP contribution in [-0.4, -0.2) is 22.9 Å². The predicted octanol–water partition coefficient (Wildman–Crippen LogP) is 0.813. The van der Waals surface area contributed by atoms with Gasteiger partial charge in [-0.25, -0.2) is 0 Å². The van der Waals surface area contributed by atoms with Crippen molar-refractivity contribution in [2.45, 2.75) is 38.7 Å². The first-order valence-electron chi connectivity index (χ1n) is 6.24. The zero-order valence-corrected chi connectivity index (χ0v) is 10.6. The van der Waals surface area contributed by atoms with E-state index < -0.39 is 11.9 Å². The van der Waals surface area contributed by atoms with Gasteiger partial charge in [-0.15, -0.1) is 0 Å². The van der Waals surface area contributed by atoms with Crippen LogP contribution in [0.15, 0.2) is 10.9 Å². The highest BCUT2D eigenvalue weighted by molar-refractivity contribution is 5.32. The van der Waals surface area contributed by atoms with Crippen molar-refractivity contribution in [1.82, 2.24) is 4.57 Å². The van der Waals surface area contributed by atoms with E-state index >= 15 is 0 Å². The zero-order chi connectivity index (χ0) is 12.9. The quantitative estimate of drug-likeness (QED) is 0.802. The summed E-state index contributed by atoms with van der Waals surface area (Å²) >= 11 is 0. The standard InChI is InChI=1S/C13H17NO4/c1-8-9(13(2)17-5-6-18-13)7-10-11(15)3-4-14(10)12(8)16/h7,11,15H,3-6H2,1-2H3. The number of ether oxygens (including phenoxy) is 2. The van der Waals surface area contributed by atoms with Crippen LogP contribution in [0.4, 0.5) is 0 Å². The number of hydrogen-bond acceptors (Lipinski definition) is 4. The topological polar surface area (TPSA) is 60.7 Å². The van der Waals surface area contributed by atoms with Crippen molar-refractivity contribution in [2.24, 2.45) is 0 Å². The van der Waals surface area contributed by atoms with Crippen molar-refractivity contribution in [3.8, 4) is 0 Å². The Labute approximate surface area is 105 Å². The van der Waals surface area contributed by atoms with E-state index in [0.29, 0.717) is 37.4 Å². The van der Waals surface area contributed by atoms with Gasteiger partial charge in [-0.3, -0.25) is 4.79 Å². The first-order chi connectivity index (χ1) is 8.53. The van der Waals surface area contributed by atoms with Crippen molar-refractivity contribution in [1.29, 1.82) is 0 Å². The van der Waals surface area contributed by atoms with E-state index in [1.54, 1.807) is 11.5 Å². The van der Waals surface area contributed by atoms with E-state index in [1.807, 2.05) is 13.0 Å². The molecule has 0 spiro atoms. The molecule has 1 fully saturated rings. The Bertz CT molecular complexity index is 543. The molecule has 0 radical (unpaired) electrons. The molecule has 98 valence electrons. The number of pyridine rings is 1. The summed E-state index contributed by atoms with van der Waals surface area (Å²) in [4.78, 5) is 12.3. The summed E-state index contributed by atoms with van der Waals surface area (Å²) in [5.74, 6) is -0.860. The lowest BCUT2D eigenvalue weighted by Gasteiger charge is -2.25. The third kappa shape index (κ3) is 1.55. The van der Waals surface area contributed by atoms with Crippen LogP contribution in [0.3, 0.4) is 0 Å².